The smallest absolute Gasteiger partial charge is 0.315 e. The van der Waals surface area contributed by atoms with Crippen molar-refractivity contribution in [2.75, 3.05) is 77.0 Å². The topological polar surface area (TPSA) is 491 Å². The summed E-state index contributed by atoms with van der Waals surface area (Å²) < 4.78 is 0. The zero-order valence-electron chi connectivity index (χ0n) is 49.2. The van der Waals surface area contributed by atoms with E-state index >= 15 is 0 Å². The fourth-order valence-electron chi connectivity index (χ4n) is 10.1. The molecule has 480 valence electrons. The van der Waals surface area contributed by atoms with Gasteiger partial charge in [-0.1, -0.05) is 12.8 Å². The number of hydrogen-bond donors (Lipinski definition) is 16. The first-order valence-electron chi connectivity index (χ1n) is 29.5. The zero-order chi connectivity index (χ0) is 62.7. The Morgan fingerprint density at radius 2 is 1.24 bits per heavy atom. The van der Waals surface area contributed by atoms with Crippen molar-refractivity contribution in [3.05, 3.63) is 18.2 Å². The average Bonchev–Trinajstić information content (AvgIpc) is 3.61. The molecule has 0 aliphatic carbocycles. The number of urea groups is 1. The molecular formula is C53H96N20O10S2. The molecule has 32 heteroatoms. The van der Waals surface area contributed by atoms with E-state index in [0.717, 1.165) is 12.2 Å². The van der Waals surface area contributed by atoms with Crippen LogP contribution in [0.3, 0.4) is 0 Å². The van der Waals surface area contributed by atoms with Crippen LogP contribution in [-0.4, -0.2) is 220 Å². The number of unbranched alkanes of at least 4 members (excludes halogenated alkanes) is 5. The largest absolute Gasteiger partial charge is 0.391 e. The van der Waals surface area contributed by atoms with Gasteiger partial charge in [0, 0.05) is 107 Å². The van der Waals surface area contributed by atoms with E-state index in [1.165, 1.54) is 34.1 Å². The number of H-pyrrole nitrogens is 1. The van der Waals surface area contributed by atoms with Crippen molar-refractivity contribution >= 4 is 89.6 Å². The quantitative estimate of drug-likeness (QED) is 0.00988. The van der Waals surface area contributed by atoms with Gasteiger partial charge in [0.1, 0.15) is 24.2 Å². The number of amides is 10. The van der Waals surface area contributed by atoms with Crippen molar-refractivity contribution in [3.8, 4) is 0 Å². The minimum atomic E-state index is -1.34. The Labute approximate surface area is 507 Å². The van der Waals surface area contributed by atoms with Crippen LogP contribution in [0.15, 0.2) is 22.5 Å². The third-order valence-corrected chi connectivity index (χ3v) is 16.2. The molecule has 2 fully saturated rings. The lowest BCUT2D eigenvalue weighted by Crippen LogP contribution is -2.56. The van der Waals surface area contributed by atoms with Gasteiger partial charge >= 0.3 is 6.03 Å². The number of fused-ring (bicyclic) bond motifs is 1. The highest BCUT2D eigenvalue weighted by Gasteiger charge is 2.43. The van der Waals surface area contributed by atoms with Gasteiger partial charge in [-0.05, 0) is 96.4 Å². The minimum Gasteiger partial charge on any atom is -0.391 e. The molecule has 0 bridgehead atoms. The molecule has 1 aromatic rings. The van der Waals surface area contributed by atoms with Gasteiger partial charge < -0.3 is 96.8 Å². The molecule has 10 amide bonds. The average molecular weight is 1240 g/mol. The molecule has 1 aromatic heterocycles. The van der Waals surface area contributed by atoms with Crippen molar-refractivity contribution < 1.29 is 48.3 Å². The molecule has 3 heterocycles. The van der Waals surface area contributed by atoms with Crippen LogP contribution in [0.2, 0.25) is 0 Å². The molecule has 22 N–H and O–H groups in total. The first-order chi connectivity index (χ1) is 40.7. The Morgan fingerprint density at radius 3 is 1.81 bits per heavy atom. The molecule has 0 spiro atoms. The second-order valence-electron chi connectivity index (χ2n) is 21.1. The highest BCUT2D eigenvalue weighted by atomic mass is 32.2. The normalized spacial score (nSPS) is 16.9. The lowest BCUT2D eigenvalue weighted by molar-refractivity contribution is -0.142. The van der Waals surface area contributed by atoms with Gasteiger partial charge in [-0.2, -0.15) is 24.4 Å². The van der Waals surface area contributed by atoms with Crippen molar-refractivity contribution in [2.45, 2.75) is 170 Å². The predicted octanol–water partition coefficient (Wildman–Crippen LogP) is -3.57. The summed E-state index contributed by atoms with van der Waals surface area (Å²) in [5.74, 6) is -3.71. The minimum absolute atomic E-state index is 0.0293. The monoisotopic (exact) mass is 1240 g/mol. The van der Waals surface area contributed by atoms with E-state index in [0.29, 0.717) is 83.1 Å². The zero-order valence-corrected chi connectivity index (χ0v) is 50.9. The van der Waals surface area contributed by atoms with Gasteiger partial charge in [-0.15, -0.1) is 0 Å². The van der Waals surface area contributed by atoms with Gasteiger partial charge in [0.05, 0.1) is 24.5 Å². The van der Waals surface area contributed by atoms with E-state index < -0.39 is 71.6 Å². The number of hydrogen-bond acceptors (Lipinski definition) is 17. The second-order valence-corrected chi connectivity index (χ2v) is 22.8. The number of aliphatic imine (C=N–C) groups is 2. The number of carbonyl (C=O) groups excluding carboxylic acids is 9. The third kappa shape index (κ3) is 27.1. The Bertz CT molecular complexity index is 2310. The van der Waals surface area contributed by atoms with Crippen LogP contribution >= 0.6 is 24.4 Å². The summed E-state index contributed by atoms with van der Waals surface area (Å²) in [6.45, 7) is 1.53. The van der Waals surface area contributed by atoms with Gasteiger partial charge in [0.2, 0.25) is 47.3 Å². The summed E-state index contributed by atoms with van der Waals surface area (Å²) in [7, 11) is 0. The highest BCUT2D eigenvalue weighted by Crippen LogP contribution is 2.33. The van der Waals surface area contributed by atoms with Crippen molar-refractivity contribution in [1.82, 2.24) is 56.6 Å². The SMILES string of the molecule is C[C@@H](O)[C@H](NC(=O)CCCC[C@@H]1SC[C@@H]2NC(=O)N[C@@H]21)C(=O)NCCN(C(=O)CCS)[C@@H](CCCN=C(N)N)C(=O)NCCN(C(=O)CCCCCN)[C@@H](Cc1cnc[nH]1)C(=O)NCCN(C(=O)CCCCN=C(N)N)[C@@H](CCCCN)C(N)=O. The molecule has 0 radical (unpaired) electrons. The summed E-state index contributed by atoms with van der Waals surface area (Å²) in [6, 6.07) is -4.75. The molecule has 0 saturated carbocycles. The van der Waals surface area contributed by atoms with Crippen LogP contribution in [0.1, 0.15) is 122 Å². The summed E-state index contributed by atoms with van der Waals surface area (Å²) in [6.07, 6.45) is 7.92. The first kappa shape index (κ1) is 72.6. The van der Waals surface area contributed by atoms with E-state index in [2.05, 4.69) is 64.5 Å². The number of rotatable bonds is 45. The number of guanidine groups is 2. The number of nitrogens with one attached hydrogen (secondary N) is 7. The number of carbonyl (C=O) groups is 9. The Kier molecular flexibility index (Phi) is 34.7. The summed E-state index contributed by atoms with van der Waals surface area (Å²) >= 11 is 6.04. The maximum atomic E-state index is 14.6. The number of aliphatic hydroxyl groups is 1. The van der Waals surface area contributed by atoms with Gasteiger partial charge in [0.15, 0.2) is 11.9 Å². The Hall–Kier alpha value is -6.64. The van der Waals surface area contributed by atoms with Gasteiger partial charge in [0.25, 0.3) is 0 Å². The molecule has 0 unspecified atom stereocenters. The fourth-order valence-corrected chi connectivity index (χ4v) is 11.8. The highest BCUT2D eigenvalue weighted by molar-refractivity contribution is 8.00. The molecule has 8 atom stereocenters. The van der Waals surface area contributed by atoms with Crippen molar-refractivity contribution in [2.24, 2.45) is 50.1 Å². The molecule has 2 saturated heterocycles. The van der Waals surface area contributed by atoms with Crippen LogP contribution in [0, 0.1) is 0 Å². The van der Waals surface area contributed by atoms with E-state index in [4.69, 9.17) is 40.1 Å². The number of imidazole rings is 1. The summed E-state index contributed by atoms with van der Waals surface area (Å²) in [5, 5.41) is 27.8. The Morgan fingerprint density at radius 1 is 0.694 bits per heavy atom. The molecule has 3 rings (SSSR count). The van der Waals surface area contributed by atoms with E-state index in [-0.39, 0.29) is 144 Å². The second kappa shape index (κ2) is 40.6. The van der Waals surface area contributed by atoms with Gasteiger partial charge in [-0.3, -0.25) is 48.3 Å². The van der Waals surface area contributed by atoms with Crippen LogP contribution in [0.4, 0.5) is 4.79 Å². The third-order valence-electron chi connectivity index (χ3n) is 14.5. The molecule has 30 nitrogen and oxygen atoms in total. The number of primary amides is 1. The molecule has 2 aliphatic rings. The van der Waals surface area contributed by atoms with Crippen molar-refractivity contribution in [3.63, 3.8) is 0 Å². The molecule has 0 aromatic carbocycles. The number of thioether (sulfide) groups is 1. The lowest BCUT2D eigenvalue weighted by Gasteiger charge is -2.34. The van der Waals surface area contributed by atoms with E-state index in [1.807, 2.05) is 0 Å². The van der Waals surface area contributed by atoms with Crippen molar-refractivity contribution in [1.29, 1.82) is 0 Å². The number of aliphatic hydroxyl groups excluding tert-OH is 1. The van der Waals surface area contributed by atoms with E-state index in [9.17, 15) is 48.3 Å². The number of aromatic amines is 1. The summed E-state index contributed by atoms with van der Waals surface area (Å²) in [4.78, 5) is 141. The number of thiol groups is 1. The maximum Gasteiger partial charge on any atom is 0.315 e. The summed E-state index contributed by atoms with van der Waals surface area (Å²) in [5.41, 5.74) is 39.9. The number of nitrogens with two attached hydrogens (primary N) is 7. The molecular weight excluding hydrogens is 1140 g/mol. The predicted molar refractivity (Wildman–Crippen MR) is 328 cm³/mol. The lowest BCUT2D eigenvalue weighted by atomic mass is 10.0. The Balaban J connectivity index is 1.82. The van der Waals surface area contributed by atoms with E-state index in [1.54, 1.807) is 11.8 Å². The molecule has 85 heavy (non-hydrogen) atoms. The number of nitrogens with zero attached hydrogens (tertiary/aromatic N) is 6. The maximum absolute atomic E-state index is 14.6. The van der Waals surface area contributed by atoms with Gasteiger partial charge in [-0.25, -0.2) is 9.78 Å². The van der Waals surface area contributed by atoms with Crippen LogP contribution in [0.5, 0.6) is 0 Å². The van der Waals surface area contributed by atoms with Crippen LogP contribution in [0.25, 0.3) is 0 Å². The number of aromatic nitrogens is 2. The first-order valence-corrected chi connectivity index (χ1v) is 31.2. The van der Waals surface area contributed by atoms with Crippen LogP contribution in [-0.2, 0) is 44.8 Å². The molecule has 2 aliphatic heterocycles. The fraction of sp³-hybridized carbons (Fsp3) is 0.736. The standard InChI is InChI=1S/C53H96N20O10S2/c1-34(74)45(69-41(75)15-5-4-14-40-46-36(32-85-40)68-53(83)70-46)50(82)64-25-27-72(44(78)18-29-84)38(13-11-22-66-52(59)60)48(80)62-24-28-73(43(77)16-3-2-8-19-54)39(30-35-31-61-33-67-35)49(81)63-23-26-71(37(47(56)79)12-6-9-20-55)42(76)17-7-10-21-65-51(57)58/h31,33-34,36-40,45-46,74,84H,2-30,32,54-55H2,1H3,(H2,56,79)(H,61,67)(H,62,80)(H,63,81)(H,64,82)(H,69,75)(H4,57,58,65)(H4,59,60,66)(H2,68,70,83)/t34-,36+,37+,38+,39+,40+,45+,46+/m1/s1. The van der Waals surface area contributed by atoms with Crippen LogP contribution < -0.4 is 72.0 Å².